The molecule has 29 heavy (non-hydrogen) atoms. The van der Waals surface area contributed by atoms with Crippen molar-refractivity contribution in [2.45, 2.75) is 38.1 Å². The fourth-order valence-electron chi connectivity index (χ4n) is 4.42. The van der Waals surface area contributed by atoms with Gasteiger partial charge in [-0.2, -0.15) is 5.26 Å². The summed E-state index contributed by atoms with van der Waals surface area (Å²) < 4.78 is 0. The summed E-state index contributed by atoms with van der Waals surface area (Å²) in [7, 11) is 0. The average molecular weight is 390 g/mol. The van der Waals surface area contributed by atoms with Crippen LogP contribution >= 0.6 is 0 Å². The summed E-state index contributed by atoms with van der Waals surface area (Å²) in [6, 6.07) is 15.6. The van der Waals surface area contributed by atoms with Gasteiger partial charge < -0.3 is 15.1 Å². The highest BCUT2D eigenvalue weighted by atomic mass is 16.2. The maximum Gasteiger partial charge on any atom is 0.248 e. The van der Waals surface area contributed by atoms with Crippen molar-refractivity contribution in [3.05, 3.63) is 53.7 Å². The molecule has 1 aromatic carbocycles. The molecule has 1 N–H and O–H groups in total. The molecule has 1 saturated carbocycles. The van der Waals surface area contributed by atoms with Gasteiger partial charge in [0.1, 0.15) is 11.4 Å². The molecule has 1 aliphatic heterocycles. The zero-order valence-corrected chi connectivity index (χ0v) is 16.9. The maximum absolute atomic E-state index is 13.5. The van der Waals surface area contributed by atoms with Crippen LogP contribution in [0.4, 0.5) is 11.5 Å². The molecule has 2 aliphatic rings. The van der Waals surface area contributed by atoms with Gasteiger partial charge in [-0.1, -0.05) is 18.9 Å². The lowest BCUT2D eigenvalue weighted by Crippen LogP contribution is -2.57. The van der Waals surface area contributed by atoms with Crippen molar-refractivity contribution < 1.29 is 4.79 Å². The van der Waals surface area contributed by atoms with E-state index in [1.807, 2.05) is 42.2 Å². The monoisotopic (exact) mass is 389 g/mol. The SMILES string of the molecule is Cc1cccc(N2CCN(C(=O)C3(Nc4ccc(C#N)cc4)CCCC3)CC2)n1. The lowest BCUT2D eigenvalue weighted by Gasteiger charge is -2.41. The van der Waals surface area contributed by atoms with E-state index >= 15 is 0 Å². The topological polar surface area (TPSA) is 72.3 Å². The third-order valence-electron chi connectivity index (χ3n) is 6.03. The van der Waals surface area contributed by atoms with E-state index in [9.17, 15) is 4.79 Å². The second-order valence-electron chi connectivity index (χ2n) is 8.02. The zero-order chi connectivity index (χ0) is 20.3. The number of nitrogens with one attached hydrogen (secondary N) is 1. The number of hydrogen-bond acceptors (Lipinski definition) is 5. The number of pyridine rings is 1. The van der Waals surface area contributed by atoms with Gasteiger partial charge >= 0.3 is 0 Å². The van der Waals surface area contributed by atoms with Gasteiger partial charge in [-0.05, 0) is 56.2 Å². The van der Waals surface area contributed by atoms with Gasteiger partial charge in [-0.3, -0.25) is 4.79 Å². The van der Waals surface area contributed by atoms with E-state index in [1.165, 1.54) is 0 Å². The van der Waals surface area contributed by atoms with Crippen LogP contribution in [0.25, 0.3) is 0 Å². The number of nitriles is 1. The largest absolute Gasteiger partial charge is 0.371 e. The molecule has 1 amide bonds. The van der Waals surface area contributed by atoms with Crippen LogP contribution in [-0.4, -0.2) is 47.5 Å². The van der Waals surface area contributed by atoms with Gasteiger partial charge in [0.25, 0.3) is 0 Å². The van der Waals surface area contributed by atoms with Crippen LogP contribution in [0.5, 0.6) is 0 Å². The van der Waals surface area contributed by atoms with Gasteiger partial charge in [0.05, 0.1) is 11.6 Å². The summed E-state index contributed by atoms with van der Waals surface area (Å²) in [6.45, 7) is 5.03. The molecule has 2 aromatic rings. The molecule has 2 heterocycles. The Hall–Kier alpha value is -3.07. The number of aromatic nitrogens is 1. The number of nitrogens with zero attached hydrogens (tertiary/aromatic N) is 4. The molecule has 0 bridgehead atoms. The number of carbonyl (C=O) groups excluding carboxylic acids is 1. The fourth-order valence-corrected chi connectivity index (χ4v) is 4.42. The lowest BCUT2D eigenvalue weighted by atomic mass is 9.94. The molecule has 1 aromatic heterocycles. The molecule has 2 fully saturated rings. The van der Waals surface area contributed by atoms with Crippen molar-refractivity contribution in [1.29, 1.82) is 5.26 Å². The van der Waals surface area contributed by atoms with Gasteiger partial charge in [-0.25, -0.2) is 4.98 Å². The third kappa shape index (κ3) is 4.04. The van der Waals surface area contributed by atoms with Crippen molar-refractivity contribution in [3.63, 3.8) is 0 Å². The van der Waals surface area contributed by atoms with E-state index in [4.69, 9.17) is 5.26 Å². The first-order chi connectivity index (χ1) is 14.1. The molecule has 6 nitrogen and oxygen atoms in total. The molecule has 4 rings (SSSR count). The predicted molar refractivity (Wildman–Crippen MR) is 114 cm³/mol. The van der Waals surface area contributed by atoms with Crippen molar-refractivity contribution in [3.8, 4) is 6.07 Å². The van der Waals surface area contributed by atoms with E-state index in [1.54, 1.807) is 12.1 Å². The first-order valence-corrected chi connectivity index (χ1v) is 10.4. The summed E-state index contributed by atoms with van der Waals surface area (Å²) >= 11 is 0. The molecular weight excluding hydrogens is 362 g/mol. The molecule has 1 saturated heterocycles. The Bertz CT molecular complexity index is 904. The van der Waals surface area contributed by atoms with Crippen LogP contribution in [0.15, 0.2) is 42.5 Å². The van der Waals surface area contributed by atoms with E-state index in [0.717, 1.165) is 56.0 Å². The number of anilines is 2. The molecule has 0 atom stereocenters. The Labute approximate surface area is 172 Å². The number of amides is 1. The van der Waals surface area contributed by atoms with Crippen LogP contribution < -0.4 is 10.2 Å². The number of aryl methyl sites for hydroxylation is 1. The Morgan fingerprint density at radius 3 is 2.38 bits per heavy atom. The molecule has 0 spiro atoms. The molecular formula is C23H27N5O. The number of benzene rings is 1. The molecule has 6 heteroatoms. The van der Waals surface area contributed by atoms with Gasteiger partial charge in [-0.15, -0.1) is 0 Å². The van der Waals surface area contributed by atoms with Crippen molar-refractivity contribution in [2.75, 3.05) is 36.4 Å². The van der Waals surface area contributed by atoms with E-state index in [-0.39, 0.29) is 5.91 Å². The zero-order valence-electron chi connectivity index (χ0n) is 16.9. The first-order valence-electron chi connectivity index (χ1n) is 10.4. The van der Waals surface area contributed by atoms with Crippen molar-refractivity contribution in [1.82, 2.24) is 9.88 Å². The van der Waals surface area contributed by atoms with Crippen LogP contribution in [-0.2, 0) is 4.79 Å². The summed E-state index contributed by atoms with van der Waals surface area (Å²) in [5.74, 6) is 1.19. The maximum atomic E-state index is 13.5. The summed E-state index contributed by atoms with van der Waals surface area (Å²) in [5, 5.41) is 12.5. The van der Waals surface area contributed by atoms with Crippen LogP contribution in [0, 0.1) is 18.3 Å². The quantitative estimate of drug-likeness (QED) is 0.868. The summed E-state index contributed by atoms with van der Waals surface area (Å²) in [5.41, 5.74) is 2.01. The lowest BCUT2D eigenvalue weighted by molar-refractivity contribution is -0.136. The van der Waals surface area contributed by atoms with Gasteiger partial charge in [0, 0.05) is 37.6 Å². The Morgan fingerprint density at radius 1 is 1.07 bits per heavy atom. The fraction of sp³-hybridized carbons (Fsp3) is 0.435. The number of carbonyl (C=O) groups is 1. The highest BCUT2D eigenvalue weighted by Crippen LogP contribution is 2.35. The number of rotatable bonds is 4. The van der Waals surface area contributed by atoms with Crippen LogP contribution in [0.1, 0.15) is 36.9 Å². The Kier molecular flexibility index (Phi) is 5.39. The van der Waals surface area contributed by atoms with E-state index in [2.05, 4.69) is 21.3 Å². The minimum Gasteiger partial charge on any atom is -0.371 e. The highest BCUT2D eigenvalue weighted by molar-refractivity contribution is 5.90. The summed E-state index contributed by atoms with van der Waals surface area (Å²) in [6.07, 6.45) is 3.82. The second kappa shape index (κ2) is 8.12. The molecule has 0 unspecified atom stereocenters. The smallest absolute Gasteiger partial charge is 0.248 e. The molecule has 1 aliphatic carbocycles. The van der Waals surface area contributed by atoms with Gasteiger partial charge in [0.2, 0.25) is 5.91 Å². The first kappa shape index (κ1) is 19.3. The molecule has 0 radical (unpaired) electrons. The highest BCUT2D eigenvalue weighted by Gasteiger charge is 2.44. The normalized spacial score (nSPS) is 18.3. The van der Waals surface area contributed by atoms with Crippen molar-refractivity contribution in [2.24, 2.45) is 0 Å². The Balaban J connectivity index is 1.44. The van der Waals surface area contributed by atoms with E-state index < -0.39 is 5.54 Å². The number of hydrogen-bond donors (Lipinski definition) is 1. The van der Waals surface area contributed by atoms with Crippen molar-refractivity contribution >= 4 is 17.4 Å². The second-order valence-corrected chi connectivity index (χ2v) is 8.02. The minimum atomic E-state index is -0.530. The molecule has 150 valence electrons. The van der Waals surface area contributed by atoms with Crippen LogP contribution in [0.2, 0.25) is 0 Å². The Morgan fingerprint density at radius 2 is 1.76 bits per heavy atom. The predicted octanol–water partition coefficient (Wildman–Crippen LogP) is 3.34. The van der Waals surface area contributed by atoms with Crippen LogP contribution in [0.3, 0.4) is 0 Å². The summed E-state index contributed by atoms with van der Waals surface area (Å²) in [4.78, 5) is 22.4. The standard InChI is InChI=1S/C23H27N5O/c1-18-5-4-6-21(25-18)27-13-15-28(16-14-27)22(29)23(11-2-3-12-23)26-20-9-7-19(17-24)8-10-20/h4-10,26H,2-3,11-16H2,1H3. The minimum absolute atomic E-state index is 0.205. The van der Waals surface area contributed by atoms with Gasteiger partial charge in [0.15, 0.2) is 0 Å². The van der Waals surface area contributed by atoms with E-state index in [0.29, 0.717) is 18.7 Å². The number of piperazine rings is 1. The average Bonchev–Trinajstić information content (AvgIpc) is 3.23. The third-order valence-corrected chi connectivity index (χ3v) is 6.03.